The van der Waals surface area contributed by atoms with E-state index >= 15 is 0 Å². The van der Waals surface area contributed by atoms with Gasteiger partial charge in [0.25, 0.3) is 0 Å². The normalized spacial score (nSPS) is 29.4. The molecule has 0 aromatic rings. The van der Waals surface area contributed by atoms with Crippen LogP contribution in [0.3, 0.4) is 0 Å². The number of hydrogen-bond acceptors (Lipinski definition) is 3. The molecule has 3 heteroatoms. The van der Waals surface area contributed by atoms with Gasteiger partial charge in [0, 0.05) is 6.42 Å². The van der Waals surface area contributed by atoms with Gasteiger partial charge < -0.3 is 9.84 Å². The van der Waals surface area contributed by atoms with E-state index in [9.17, 15) is 9.90 Å². The largest absolute Gasteiger partial charge is 0.469 e. The Morgan fingerprint density at radius 2 is 2.15 bits per heavy atom. The molecule has 0 heterocycles. The summed E-state index contributed by atoms with van der Waals surface area (Å²) in [5, 5.41) is 9.49. The lowest BCUT2D eigenvalue weighted by Crippen LogP contribution is -2.14. The van der Waals surface area contributed by atoms with Gasteiger partial charge in [-0.3, -0.25) is 4.79 Å². The van der Waals surface area contributed by atoms with Gasteiger partial charge in [0.2, 0.25) is 0 Å². The van der Waals surface area contributed by atoms with Crippen molar-refractivity contribution >= 4 is 5.97 Å². The van der Waals surface area contributed by atoms with Crippen molar-refractivity contribution in [2.75, 3.05) is 7.11 Å². The van der Waals surface area contributed by atoms with Crippen LogP contribution in [0.1, 0.15) is 38.5 Å². The van der Waals surface area contributed by atoms with Crippen LogP contribution in [0, 0.1) is 5.92 Å². The van der Waals surface area contributed by atoms with Gasteiger partial charge in [-0.1, -0.05) is 12.8 Å². The molecule has 0 aliphatic heterocycles. The molecule has 1 aliphatic carbocycles. The van der Waals surface area contributed by atoms with Gasteiger partial charge in [0.1, 0.15) is 0 Å². The zero-order valence-corrected chi connectivity index (χ0v) is 8.16. The average Bonchev–Trinajstić information content (AvgIpc) is 2.30. The Morgan fingerprint density at radius 1 is 1.46 bits per heavy atom. The number of esters is 1. The van der Waals surface area contributed by atoms with E-state index in [0.29, 0.717) is 12.3 Å². The van der Waals surface area contributed by atoms with E-state index in [0.717, 1.165) is 32.1 Å². The van der Waals surface area contributed by atoms with E-state index in [1.54, 1.807) is 0 Å². The molecule has 0 spiro atoms. The van der Waals surface area contributed by atoms with Gasteiger partial charge in [-0.15, -0.1) is 0 Å². The van der Waals surface area contributed by atoms with Gasteiger partial charge in [-0.2, -0.15) is 0 Å². The molecule has 13 heavy (non-hydrogen) atoms. The minimum Gasteiger partial charge on any atom is -0.469 e. The lowest BCUT2D eigenvalue weighted by atomic mass is 9.96. The van der Waals surface area contributed by atoms with Crippen LogP contribution in [0.4, 0.5) is 0 Å². The molecular weight excluding hydrogens is 168 g/mol. The number of aliphatic hydroxyl groups excluding tert-OH is 1. The average molecular weight is 186 g/mol. The summed E-state index contributed by atoms with van der Waals surface area (Å²) in [5.74, 6) is 0.170. The number of ether oxygens (including phenoxy) is 1. The van der Waals surface area contributed by atoms with Gasteiger partial charge in [-0.25, -0.2) is 0 Å². The summed E-state index contributed by atoms with van der Waals surface area (Å²) in [6.07, 6.45) is 5.15. The predicted molar refractivity (Wildman–Crippen MR) is 49.2 cm³/mol. The summed E-state index contributed by atoms with van der Waals surface area (Å²) in [5.41, 5.74) is 0. The molecule has 0 bridgehead atoms. The lowest BCUT2D eigenvalue weighted by Gasteiger charge is -2.14. The molecule has 2 unspecified atom stereocenters. The monoisotopic (exact) mass is 186 g/mol. The summed E-state index contributed by atoms with van der Waals surface area (Å²) < 4.78 is 4.61. The molecule has 1 rings (SSSR count). The van der Waals surface area contributed by atoms with Crippen molar-refractivity contribution in [1.82, 2.24) is 0 Å². The zero-order chi connectivity index (χ0) is 9.68. The molecule has 1 saturated carbocycles. The van der Waals surface area contributed by atoms with Crippen LogP contribution in [0.5, 0.6) is 0 Å². The number of methoxy groups -OCH3 is 1. The third-order valence-electron chi connectivity index (χ3n) is 2.69. The van der Waals surface area contributed by atoms with Crippen LogP contribution in [0.25, 0.3) is 0 Å². The number of carbonyl (C=O) groups excluding carboxylic acids is 1. The molecule has 0 amide bonds. The highest BCUT2D eigenvalue weighted by atomic mass is 16.5. The van der Waals surface area contributed by atoms with Crippen molar-refractivity contribution in [2.45, 2.75) is 44.6 Å². The standard InChI is InChI=1S/C10H18O3/c1-13-10(12)7-8-4-2-3-5-9(11)6-8/h8-9,11H,2-7H2,1H3. The summed E-state index contributed by atoms with van der Waals surface area (Å²) in [6.45, 7) is 0. The first-order chi connectivity index (χ1) is 6.22. The quantitative estimate of drug-likeness (QED) is 0.525. The topological polar surface area (TPSA) is 46.5 Å². The van der Waals surface area contributed by atoms with E-state index in [4.69, 9.17) is 0 Å². The van der Waals surface area contributed by atoms with Gasteiger partial charge in [-0.05, 0) is 25.2 Å². The molecule has 76 valence electrons. The van der Waals surface area contributed by atoms with Crippen molar-refractivity contribution in [3.8, 4) is 0 Å². The number of carbonyl (C=O) groups is 1. The summed E-state index contributed by atoms with van der Waals surface area (Å²) in [6, 6.07) is 0. The third-order valence-corrected chi connectivity index (χ3v) is 2.69. The van der Waals surface area contributed by atoms with E-state index in [-0.39, 0.29) is 12.1 Å². The van der Waals surface area contributed by atoms with Crippen molar-refractivity contribution in [2.24, 2.45) is 5.92 Å². The van der Waals surface area contributed by atoms with Gasteiger partial charge >= 0.3 is 5.97 Å². The van der Waals surface area contributed by atoms with Gasteiger partial charge in [0.15, 0.2) is 0 Å². The summed E-state index contributed by atoms with van der Waals surface area (Å²) in [7, 11) is 1.41. The van der Waals surface area contributed by atoms with Crippen LogP contribution in [0.2, 0.25) is 0 Å². The smallest absolute Gasteiger partial charge is 0.305 e. The number of aliphatic hydroxyl groups is 1. The van der Waals surface area contributed by atoms with Crippen molar-refractivity contribution in [3.05, 3.63) is 0 Å². The van der Waals surface area contributed by atoms with E-state index in [1.807, 2.05) is 0 Å². The Labute approximate surface area is 79.1 Å². The molecule has 1 fully saturated rings. The molecule has 2 atom stereocenters. The molecule has 3 nitrogen and oxygen atoms in total. The van der Waals surface area contributed by atoms with Crippen molar-refractivity contribution in [1.29, 1.82) is 0 Å². The first-order valence-electron chi connectivity index (χ1n) is 4.97. The fraction of sp³-hybridized carbons (Fsp3) is 0.900. The number of hydrogen-bond donors (Lipinski definition) is 1. The second kappa shape index (κ2) is 5.22. The second-order valence-corrected chi connectivity index (χ2v) is 3.82. The van der Waals surface area contributed by atoms with Crippen molar-refractivity contribution in [3.63, 3.8) is 0 Å². The zero-order valence-electron chi connectivity index (χ0n) is 8.16. The van der Waals surface area contributed by atoms with Gasteiger partial charge in [0.05, 0.1) is 13.2 Å². The minimum absolute atomic E-state index is 0.154. The molecule has 0 saturated heterocycles. The highest BCUT2D eigenvalue weighted by molar-refractivity contribution is 5.69. The minimum atomic E-state index is -0.211. The highest BCUT2D eigenvalue weighted by Crippen LogP contribution is 2.25. The van der Waals surface area contributed by atoms with Crippen LogP contribution in [-0.2, 0) is 9.53 Å². The van der Waals surface area contributed by atoms with Crippen LogP contribution in [-0.4, -0.2) is 24.3 Å². The fourth-order valence-electron chi connectivity index (χ4n) is 1.94. The molecule has 0 radical (unpaired) electrons. The maximum Gasteiger partial charge on any atom is 0.305 e. The lowest BCUT2D eigenvalue weighted by molar-refractivity contribution is -0.141. The first kappa shape index (κ1) is 10.5. The molecule has 0 aromatic heterocycles. The van der Waals surface area contributed by atoms with E-state index in [1.165, 1.54) is 7.11 Å². The Morgan fingerprint density at radius 3 is 2.85 bits per heavy atom. The van der Waals surface area contributed by atoms with Crippen LogP contribution < -0.4 is 0 Å². The predicted octanol–water partition coefficient (Wildman–Crippen LogP) is 1.49. The second-order valence-electron chi connectivity index (χ2n) is 3.82. The Hall–Kier alpha value is -0.570. The SMILES string of the molecule is COC(=O)CC1CCCCC(O)C1. The molecule has 0 aromatic carbocycles. The third kappa shape index (κ3) is 3.77. The molecule has 1 aliphatic rings. The first-order valence-corrected chi connectivity index (χ1v) is 4.97. The number of rotatable bonds is 2. The van der Waals surface area contributed by atoms with E-state index < -0.39 is 0 Å². The Bertz CT molecular complexity index is 168. The maximum absolute atomic E-state index is 11.0. The van der Waals surface area contributed by atoms with Crippen LogP contribution in [0.15, 0.2) is 0 Å². The van der Waals surface area contributed by atoms with Crippen molar-refractivity contribution < 1.29 is 14.6 Å². The maximum atomic E-state index is 11.0. The van der Waals surface area contributed by atoms with E-state index in [2.05, 4.69) is 4.74 Å². The fourth-order valence-corrected chi connectivity index (χ4v) is 1.94. The molecule has 1 N–H and O–H groups in total. The molecular formula is C10H18O3. The summed E-state index contributed by atoms with van der Waals surface area (Å²) >= 11 is 0. The Balaban J connectivity index is 2.34. The van der Waals surface area contributed by atoms with Crippen LogP contribution >= 0.6 is 0 Å². The Kier molecular flexibility index (Phi) is 4.22. The highest BCUT2D eigenvalue weighted by Gasteiger charge is 2.20. The summed E-state index contributed by atoms with van der Waals surface area (Å²) in [4.78, 5) is 11.0.